The SMILES string of the molecule is N#Cc1ccc(NC(C#Cc2ccccc2)c2ccccc2)nc1. The third-order valence-electron chi connectivity index (χ3n) is 3.45. The Bertz CT molecular complexity index is 883. The Morgan fingerprint density at radius 1 is 0.833 bits per heavy atom. The summed E-state index contributed by atoms with van der Waals surface area (Å²) < 4.78 is 0. The molecule has 0 amide bonds. The van der Waals surface area contributed by atoms with Gasteiger partial charge in [-0.3, -0.25) is 0 Å². The molecule has 1 unspecified atom stereocenters. The van der Waals surface area contributed by atoms with Gasteiger partial charge in [0.15, 0.2) is 0 Å². The minimum absolute atomic E-state index is 0.188. The standard InChI is InChI=1S/C21H15N3/c22-15-18-12-14-21(23-16-18)24-20(19-9-5-2-6-10-19)13-11-17-7-3-1-4-8-17/h1-10,12,14,16,20H,(H,23,24). The van der Waals surface area contributed by atoms with Gasteiger partial charge in [0.25, 0.3) is 0 Å². The number of rotatable bonds is 3. The first-order valence-corrected chi connectivity index (χ1v) is 7.59. The summed E-state index contributed by atoms with van der Waals surface area (Å²) in [6.45, 7) is 0. The highest BCUT2D eigenvalue weighted by Gasteiger charge is 2.08. The molecule has 24 heavy (non-hydrogen) atoms. The van der Waals surface area contributed by atoms with E-state index in [0.29, 0.717) is 11.4 Å². The third kappa shape index (κ3) is 4.00. The van der Waals surface area contributed by atoms with E-state index in [4.69, 9.17) is 5.26 Å². The molecule has 3 heteroatoms. The van der Waals surface area contributed by atoms with Gasteiger partial charge in [0, 0.05) is 11.8 Å². The van der Waals surface area contributed by atoms with E-state index in [-0.39, 0.29) is 6.04 Å². The van der Waals surface area contributed by atoms with E-state index < -0.39 is 0 Å². The molecular formula is C21H15N3. The van der Waals surface area contributed by atoms with Crippen LogP contribution in [0.2, 0.25) is 0 Å². The number of nitriles is 1. The van der Waals surface area contributed by atoms with E-state index >= 15 is 0 Å². The van der Waals surface area contributed by atoms with Crippen LogP contribution >= 0.6 is 0 Å². The van der Waals surface area contributed by atoms with Crippen LogP contribution in [0.4, 0.5) is 5.82 Å². The van der Waals surface area contributed by atoms with Gasteiger partial charge in [-0.25, -0.2) is 4.98 Å². The Hall–Kier alpha value is -3.56. The minimum Gasteiger partial charge on any atom is -0.353 e. The summed E-state index contributed by atoms with van der Waals surface area (Å²) in [5.41, 5.74) is 2.56. The van der Waals surface area contributed by atoms with Crippen LogP contribution in [0.15, 0.2) is 79.0 Å². The molecule has 1 atom stereocenters. The van der Waals surface area contributed by atoms with Gasteiger partial charge in [-0.2, -0.15) is 5.26 Å². The lowest BCUT2D eigenvalue weighted by Crippen LogP contribution is -2.09. The average molecular weight is 309 g/mol. The number of hydrogen-bond acceptors (Lipinski definition) is 3. The number of hydrogen-bond donors (Lipinski definition) is 1. The Labute approximate surface area is 141 Å². The predicted octanol–water partition coefficient (Wildman–Crippen LogP) is 4.16. The van der Waals surface area contributed by atoms with Crippen molar-refractivity contribution in [3.05, 3.63) is 95.7 Å². The molecule has 1 N–H and O–H groups in total. The van der Waals surface area contributed by atoms with Crippen molar-refractivity contribution in [2.24, 2.45) is 0 Å². The van der Waals surface area contributed by atoms with E-state index in [2.05, 4.69) is 28.2 Å². The molecular weight excluding hydrogens is 294 g/mol. The normalized spacial score (nSPS) is 10.8. The second kappa shape index (κ2) is 7.63. The monoisotopic (exact) mass is 309 g/mol. The molecule has 1 heterocycles. The maximum atomic E-state index is 8.87. The first-order chi connectivity index (χ1) is 11.8. The van der Waals surface area contributed by atoms with E-state index in [9.17, 15) is 0 Å². The maximum absolute atomic E-state index is 8.87. The van der Waals surface area contributed by atoms with Crippen molar-refractivity contribution in [1.82, 2.24) is 4.98 Å². The van der Waals surface area contributed by atoms with Crippen LogP contribution in [-0.2, 0) is 0 Å². The lowest BCUT2D eigenvalue weighted by molar-refractivity contribution is 1.000. The van der Waals surface area contributed by atoms with E-state index in [1.54, 1.807) is 18.3 Å². The van der Waals surface area contributed by atoms with Gasteiger partial charge in [0.05, 0.1) is 5.56 Å². The van der Waals surface area contributed by atoms with Crippen molar-refractivity contribution in [1.29, 1.82) is 5.26 Å². The Balaban J connectivity index is 1.88. The molecule has 3 aromatic rings. The van der Waals surface area contributed by atoms with Crippen molar-refractivity contribution < 1.29 is 0 Å². The number of nitrogens with one attached hydrogen (secondary N) is 1. The number of nitrogens with zero attached hydrogens (tertiary/aromatic N) is 2. The maximum Gasteiger partial charge on any atom is 0.127 e. The van der Waals surface area contributed by atoms with Crippen LogP contribution in [-0.4, -0.2) is 4.98 Å². The number of aromatic nitrogens is 1. The van der Waals surface area contributed by atoms with Gasteiger partial charge in [-0.15, -0.1) is 0 Å². The fraction of sp³-hybridized carbons (Fsp3) is 0.0476. The Morgan fingerprint density at radius 3 is 2.17 bits per heavy atom. The molecule has 0 saturated carbocycles. The molecule has 0 spiro atoms. The van der Waals surface area contributed by atoms with Crippen molar-refractivity contribution in [3.8, 4) is 17.9 Å². The molecule has 0 aliphatic rings. The molecule has 0 saturated heterocycles. The topological polar surface area (TPSA) is 48.7 Å². The van der Waals surface area contributed by atoms with Gasteiger partial charge in [0.2, 0.25) is 0 Å². The largest absolute Gasteiger partial charge is 0.353 e. The first-order valence-electron chi connectivity index (χ1n) is 7.59. The summed E-state index contributed by atoms with van der Waals surface area (Å²) >= 11 is 0. The van der Waals surface area contributed by atoms with Gasteiger partial charge < -0.3 is 5.32 Å². The molecule has 0 aliphatic carbocycles. The van der Waals surface area contributed by atoms with E-state index in [1.807, 2.05) is 60.7 Å². The molecule has 3 rings (SSSR count). The van der Waals surface area contributed by atoms with Crippen LogP contribution < -0.4 is 5.32 Å². The Kier molecular flexibility index (Phi) is 4.87. The second-order valence-electron chi connectivity index (χ2n) is 5.17. The van der Waals surface area contributed by atoms with Gasteiger partial charge in [-0.1, -0.05) is 60.4 Å². The van der Waals surface area contributed by atoms with Crippen molar-refractivity contribution >= 4 is 5.82 Å². The molecule has 1 aromatic heterocycles. The van der Waals surface area contributed by atoms with Crippen molar-refractivity contribution in [3.63, 3.8) is 0 Å². The van der Waals surface area contributed by atoms with Crippen molar-refractivity contribution in [2.75, 3.05) is 5.32 Å². The molecule has 0 bridgehead atoms. The molecule has 114 valence electrons. The lowest BCUT2D eigenvalue weighted by Gasteiger charge is -2.14. The van der Waals surface area contributed by atoms with Crippen molar-refractivity contribution in [2.45, 2.75) is 6.04 Å². The van der Waals surface area contributed by atoms with E-state index in [0.717, 1.165) is 11.1 Å². The lowest BCUT2D eigenvalue weighted by atomic mass is 10.1. The smallest absolute Gasteiger partial charge is 0.127 e. The average Bonchev–Trinajstić information content (AvgIpc) is 2.67. The van der Waals surface area contributed by atoms with Gasteiger partial charge in [-0.05, 0) is 29.8 Å². The van der Waals surface area contributed by atoms with E-state index in [1.165, 1.54) is 0 Å². The number of benzene rings is 2. The summed E-state index contributed by atoms with van der Waals surface area (Å²) in [6.07, 6.45) is 1.55. The predicted molar refractivity (Wildman–Crippen MR) is 95.1 cm³/mol. The van der Waals surface area contributed by atoms with Gasteiger partial charge >= 0.3 is 0 Å². The fourth-order valence-corrected chi connectivity index (χ4v) is 2.22. The van der Waals surface area contributed by atoms with Crippen LogP contribution in [0.25, 0.3) is 0 Å². The molecule has 2 aromatic carbocycles. The Morgan fingerprint density at radius 2 is 1.54 bits per heavy atom. The summed E-state index contributed by atoms with van der Waals surface area (Å²) in [6, 6.07) is 25.3. The van der Waals surface area contributed by atoms with Crippen LogP contribution in [0.5, 0.6) is 0 Å². The second-order valence-corrected chi connectivity index (χ2v) is 5.17. The minimum atomic E-state index is -0.188. The third-order valence-corrected chi connectivity index (χ3v) is 3.45. The molecule has 0 radical (unpaired) electrons. The zero-order chi connectivity index (χ0) is 16.6. The van der Waals surface area contributed by atoms with Crippen LogP contribution in [0.1, 0.15) is 22.7 Å². The van der Waals surface area contributed by atoms with Crippen LogP contribution in [0, 0.1) is 23.2 Å². The summed E-state index contributed by atoms with van der Waals surface area (Å²) in [4.78, 5) is 4.27. The quantitative estimate of drug-likeness (QED) is 0.739. The summed E-state index contributed by atoms with van der Waals surface area (Å²) in [5, 5.41) is 12.2. The zero-order valence-electron chi connectivity index (χ0n) is 13.0. The molecule has 0 fully saturated rings. The number of pyridine rings is 1. The highest BCUT2D eigenvalue weighted by molar-refractivity contribution is 5.46. The van der Waals surface area contributed by atoms with Crippen LogP contribution in [0.3, 0.4) is 0 Å². The highest BCUT2D eigenvalue weighted by atomic mass is 15.0. The molecule has 0 aliphatic heterocycles. The molecule has 3 nitrogen and oxygen atoms in total. The highest BCUT2D eigenvalue weighted by Crippen LogP contribution is 2.18. The number of anilines is 1. The summed E-state index contributed by atoms with van der Waals surface area (Å²) in [5.74, 6) is 7.14. The first kappa shape index (κ1) is 15.3. The summed E-state index contributed by atoms with van der Waals surface area (Å²) in [7, 11) is 0. The van der Waals surface area contributed by atoms with Gasteiger partial charge in [0.1, 0.15) is 17.9 Å². The zero-order valence-corrected chi connectivity index (χ0v) is 13.0. The fourth-order valence-electron chi connectivity index (χ4n) is 2.22.